The van der Waals surface area contributed by atoms with E-state index in [9.17, 15) is 14.7 Å². The maximum atomic E-state index is 12.2. The van der Waals surface area contributed by atoms with Crippen molar-refractivity contribution in [3.05, 3.63) is 0 Å². The summed E-state index contributed by atoms with van der Waals surface area (Å²) in [7, 11) is -1.38. The molecule has 2 fully saturated rings. The van der Waals surface area contributed by atoms with Crippen molar-refractivity contribution in [3.8, 4) is 0 Å². The summed E-state index contributed by atoms with van der Waals surface area (Å²) in [5, 5.41) is 36.1. The summed E-state index contributed by atoms with van der Waals surface area (Å²) in [5.41, 5.74) is 0. The van der Waals surface area contributed by atoms with Gasteiger partial charge in [-0.15, -0.1) is 0 Å². The zero-order valence-electron chi connectivity index (χ0n) is 12.5. The lowest BCUT2D eigenvalue weighted by molar-refractivity contribution is -0.140. The average Bonchev–Trinajstić information content (AvgIpc) is 3.08. The smallest absolute Gasteiger partial charge is 0.451 e. The van der Waals surface area contributed by atoms with Crippen molar-refractivity contribution in [3.63, 3.8) is 0 Å². The molecule has 2 saturated heterocycles. The number of carbonyl (C=O) groups excluding carboxylic acids is 1. The molecule has 0 aromatic heterocycles. The van der Waals surface area contributed by atoms with Gasteiger partial charge < -0.3 is 31.1 Å². The first-order chi connectivity index (χ1) is 10.5. The third kappa shape index (κ3) is 4.42. The van der Waals surface area contributed by atoms with Gasteiger partial charge in [0, 0.05) is 18.5 Å². The molecule has 8 nitrogen and oxygen atoms in total. The minimum Gasteiger partial charge on any atom is -0.480 e. The van der Waals surface area contributed by atoms with E-state index in [1.54, 1.807) is 0 Å². The summed E-state index contributed by atoms with van der Waals surface area (Å²) in [6, 6.07) is -1.15. The van der Waals surface area contributed by atoms with Crippen LogP contribution in [0.25, 0.3) is 0 Å². The number of hydrogen-bond donors (Lipinski definition) is 6. The van der Waals surface area contributed by atoms with Crippen LogP contribution in [0.1, 0.15) is 25.7 Å². The molecule has 4 atom stereocenters. The number of carbonyl (C=O) groups is 2. The van der Waals surface area contributed by atoms with Gasteiger partial charge in [-0.05, 0) is 32.1 Å². The van der Waals surface area contributed by atoms with Crippen LogP contribution in [0.15, 0.2) is 0 Å². The van der Waals surface area contributed by atoms with Crippen LogP contribution in [-0.2, 0) is 9.59 Å². The van der Waals surface area contributed by atoms with Gasteiger partial charge in [0.15, 0.2) is 0 Å². The van der Waals surface area contributed by atoms with Gasteiger partial charge in [0.05, 0.1) is 6.04 Å². The van der Waals surface area contributed by atoms with E-state index in [0.29, 0.717) is 19.4 Å². The Morgan fingerprint density at radius 2 is 2.05 bits per heavy atom. The van der Waals surface area contributed by atoms with Crippen LogP contribution >= 0.6 is 0 Å². The number of amides is 1. The molecule has 6 N–H and O–H groups in total. The highest BCUT2D eigenvalue weighted by atomic mass is 16.4. The van der Waals surface area contributed by atoms with Crippen molar-refractivity contribution in [2.45, 2.75) is 50.1 Å². The number of rotatable bonds is 7. The molecule has 0 spiro atoms. The number of nitrogens with one attached hydrogen (secondary N) is 3. The Hall–Kier alpha value is -1.16. The highest BCUT2D eigenvalue weighted by Crippen LogP contribution is 2.23. The summed E-state index contributed by atoms with van der Waals surface area (Å²) < 4.78 is 0. The molecule has 2 aliphatic rings. The Balaban J connectivity index is 1.91. The Labute approximate surface area is 129 Å². The van der Waals surface area contributed by atoms with Gasteiger partial charge in [-0.2, -0.15) is 0 Å². The quantitative estimate of drug-likeness (QED) is 0.304. The van der Waals surface area contributed by atoms with E-state index >= 15 is 0 Å². The zero-order chi connectivity index (χ0) is 16.1. The molecule has 0 aliphatic carbocycles. The number of carboxylic acid groups (broad SMARTS) is 1. The molecule has 0 bridgehead atoms. The van der Waals surface area contributed by atoms with E-state index in [-0.39, 0.29) is 30.2 Å². The third-order valence-corrected chi connectivity index (χ3v) is 4.47. The maximum absolute atomic E-state index is 12.2. The van der Waals surface area contributed by atoms with Crippen LogP contribution in [-0.4, -0.2) is 65.4 Å². The van der Waals surface area contributed by atoms with Crippen LogP contribution in [0.3, 0.4) is 0 Å². The lowest BCUT2D eigenvalue weighted by Gasteiger charge is -2.24. The number of carboxylic acids is 1. The van der Waals surface area contributed by atoms with E-state index < -0.39 is 19.1 Å². The fourth-order valence-electron chi connectivity index (χ4n) is 3.31. The first-order valence-corrected chi connectivity index (χ1v) is 7.85. The largest absolute Gasteiger partial charge is 0.480 e. The van der Waals surface area contributed by atoms with Gasteiger partial charge in [-0.3, -0.25) is 9.59 Å². The van der Waals surface area contributed by atoms with Crippen LogP contribution in [0.4, 0.5) is 0 Å². The van der Waals surface area contributed by atoms with Gasteiger partial charge in [-0.1, -0.05) is 6.42 Å². The van der Waals surface area contributed by atoms with Gasteiger partial charge in [0.1, 0.15) is 6.04 Å². The predicted molar refractivity (Wildman–Crippen MR) is 80.1 cm³/mol. The molecular weight excluding hydrogens is 289 g/mol. The van der Waals surface area contributed by atoms with Gasteiger partial charge >= 0.3 is 13.1 Å². The molecule has 9 heteroatoms. The molecule has 124 valence electrons. The summed E-state index contributed by atoms with van der Waals surface area (Å²) in [5.74, 6) is -1.27. The molecule has 22 heavy (non-hydrogen) atoms. The Bertz CT molecular complexity index is 403. The summed E-state index contributed by atoms with van der Waals surface area (Å²) in [6.07, 6.45) is 2.99. The van der Waals surface area contributed by atoms with Crippen molar-refractivity contribution in [2.24, 2.45) is 5.92 Å². The molecule has 0 unspecified atom stereocenters. The summed E-state index contributed by atoms with van der Waals surface area (Å²) in [4.78, 5) is 23.5. The van der Waals surface area contributed by atoms with Crippen LogP contribution in [0.5, 0.6) is 0 Å². The first-order valence-electron chi connectivity index (χ1n) is 7.85. The zero-order valence-corrected chi connectivity index (χ0v) is 12.5. The van der Waals surface area contributed by atoms with Crippen molar-refractivity contribution >= 4 is 19.0 Å². The Morgan fingerprint density at radius 3 is 2.64 bits per heavy atom. The van der Waals surface area contributed by atoms with E-state index in [1.165, 1.54) is 0 Å². The highest BCUT2D eigenvalue weighted by molar-refractivity contribution is 6.40. The van der Waals surface area contributed by atoms with Crippen LogP contribution in [0.2, 0.25) is 6.32 Å². The second-order valence-electron chi connectivity index (χ2n) is 6.06. The molecule has 2 rings (SSSR count). The van der Waals surface area contributed by atoms with E-state index in [1.807, 2.05) is 0 Å². The molecular formula is C13H24BN3O5. The Morgan fingerprint density at radius 1 is 1.27 bits per heavy atom. The Kier molecular flexibility index (Phi) is 6.19. The molecule has 0 aromatic carbocycles. The minimum absolute atomic E-state index is 0.0810. The van der Waals surface area contributed by atoms with Gasteiger partial charge in [0.25, 0.3) is 0 Å². The SMILES string of the molecule is O=C(N[C@H]1CN[C@H](C(=O)O)[C@@H]1CCCB(O)O)[C@@H]1CCCN1. The fraction of sp³-hybridized carbons (Fsp3) is 0.846. The molecule has 0 aromatic rings. The van der Waals surface area contributed by atoms with Crippen LogP contribution < -0.4 is 16.0 Å². The minimum atomic E-state index is -1.38. The summed E-state index contributed by atoms with van der Waals surface area (Å²) >= 11 is 0. The average molecular weight is 313 g/mol. The molecule has 2 heterocycles. The second-order valence-corrected chi connectivity index (χ2v) is 6.06. The normalized spacial score (nSPS) is 31.2. The molecule has 1 amide bonds. The lowest BCUT2D eigenvalue weighted by Crippen LogP contribution is -2.48. The fourth-order valence-corrected chi connectivity index (χ4v) is 3.31. The second kappa shape index (κ2) is 7.91. The highest BCUT2D eigenvalue weighted by Gasteiger charge is 2.41. The van der Waals surface area contributed by atoms with Gasteiger partial charge in [0.2, 0.25) is 5.91 Å². The van der Waals surface area contributed by atoms with Crippen molar-refractivity contribution < 1.29 is 24.7 Å². The van der Waals surface area contributed by atoms with Gasteiger partial charge in [-0.25, -0.2) is 0 Å². The maximum Gasteiger partial charge on any atom is 0.451 e. The van der Waals surface area contributed by atoms with E-state index in [0.717, 1.165) is 19.4 Å². The first kappa shape index (κ1) is 17.2. The van der Waals surface area contributed by atoms with E-state index in [2.05, 4.69) is 16.0 Å². The molecule has 0 radical (unpaired) electrons. The number of hydrogen-bond acceptors (Lipinski definition) is 6. The molecule has 2 aliphatic heterocycles. The predicted octanol–water partition coefficient (Wildman–Crippen LogP) is -1.85. The monoisotopic (exact) mass is 313 g/mol. The van der Waals surface area contributed by atoms with E-state index in [4.69, 9.17) is 10.0 Å². The standard InChI is InChI=1S/C13H24BN3O5/c18-12(9-4-2-6-15-9)17-10-7-16-11(13(19)20)8(10)3-1-5-14(21)22/h8-11,15-16,21-22H,1-7H2,(H,17,18)(H,19,20)/t8-,9+,10+,11+/m1/s1. The van der Waals surface area contributed by atoms with Crippen molar-refractivity contribution in [2.75, 3.05) is 13.1 Å². The van der Waals surface area contributed by atoms with Crippen LogP contribution in [0, 0.1) is 5.92 Å². The summed E-state index contributed by atoms with van der Waals surface area (Å²) in [6.45, 7) is 1.25. The molecule has 0 saturated carbocycles. The van der Waals surface area contributed by atoms with Crippen molar-refractivity contribution in [1.82, 2.24) is 16.0 Å². The topological polar surface area (TPSA) is 131 Å². The van der Waals surface area contributed by atoms with Crippen molar-refractivity contribution in [1.29, 1.82) is 0 Å². The lowest BCUT2D eigenvalue weighted by atomic mass is 9.80. The third-order valence-electron chi connectivity index (χ3n) is 4.47. The number of aliphatic carboxylic acids is 1.